The highest BCUT2D eigenvalue weighted by atomic mass is 35.5. The summed E-state index contributed by atoms with van der Waals surface area (Å²) >= 11 is 14.1. The Labute approximate surface area is 294 Å². The summed E-state index contributed by atoms with van der Waals surface area (Å²) in [6, 6.07) is 11.5. The molecule has 6 rings (SSSR count). The van der Waals surface area contributed by atoms with Gasteiger partial charge in [0.25, 0.3) is 0 Å². The number of carbonyl (C=O) groups is 2. The monoisotopic (exact) mass is 704 g/mol. The molecule has 4 heterocycles. The minimum absolute atomic E-state index is 0.0808. The van der Waals surface area contributed by atoms with Crippen molar-refractivity contribution in [3.8, 4) is 45.4 Å². The molecule has 0 radical (unpaired) electrons. The van der Waals surface area contributed by atoms with Crippen molar-refractivity contribution < 1.29 is 19.1 Å². The average molecular weight is 706 g/mol. The maximum Gasteiger partial charge on any atom is 0.237 e. The maximum absolute atomic E-state index is 11.5. The minimum atomic E-state index is 0.0808. The Morgan fingerprint density at radius 1 is 0.816 bits per heavy atom. The Balaban J connectivity index is 1.18. The first-order valence-corrected chi connectivity index (χ1v) is 17.0. The van der Waals surface area contributed by atoms with Gasteiger partial charge in [-0.25, -0.2) is 9.97 Å². The molecule has 12 nitrogen and oxygen atoms in total. The van der Waals surface area contributed by atoms with E-state index in [-0.39, 0.29) is 17.9 Å². The lowest BCUT2D eigenvalue weighted by Gasteiger charge is -2.15. The van der Waals surface area contributed by atoms with Crippen LogP contribution >= 0.6 is 23.2 Å². The third-order valence-corrected chi connectivity index (χ3v) is 9.52. The number of aromatic nitrogens is 4. The molecule has 2 aromatic heterocycles. The van der Waals surface area contributed by atoms with Crippen molar-refractivity contribution in [2.75, 3.05) is 33.9 Å². The van der Waals surface area contributed by atoms with Gasteiger partial charge in [-0.3, -0.25) is 19.6 Å². The van der Waals surface area contributed by atoms with E-state index in [1.807, 2.05) is 36.4 Å². The number of halogens is 2. The van der Waals surface area contributed by atoms with Gasteiger partial charge in [0, 0.05) is 67.3 Å². The molecular formula is C35H38Cl2N8O4. The number of hydrogen-bond acceptors (Lipinski definition) is 10. The number of hydrogen-bond donors (Lipinski definition) is 4. The molecule has 2 saturated heterocycles. The fraction of sp³-hybridized carbons (Fsp3) is 0.371. The van der Waals surface area contributed by atoms with E-state index >= 15 is 0 Å². The molecule has 49 heavy (non-hydrogen) atoms. The first-order chi connectivity index (χ1) is 23.8. The molecule has 1 unspecified atom stereocenters. The van der Waals surface area contributed by atoms with Crippen LogP contribution < -0.4 is 30.7 Å². The summed E-state index contributed by atoms with van der Waals surface area (Å²) in [6.45, 7) is 3.03. The predicted octanol–water partition coefficient (Wildman–Crippen LogP) is 4.58. The van der Waals surface area contributed by atoms with Crippen molar-refractivity contribution in [3.63, 3.8) is 0 Å². The van der Waals surface area contributed by atoms with Crippen LogP contribution in [-0.4, -0.2) is 71.6 Å². The molecule has 4 N–H and O–H groups in total. The lowest BCUT2D eigenvalue weighted by atomic mass is 9.98. The van der Waals surface area contributed by atoms with Gasteiger partial charge in [0.05, 0.1) is 48.0 Å². The van der Waals surface area contributed by atoms with Gasteiger partial charge in [0.2, 0.25) is 23.6 Å². The van der Waals surface area contributed by atoms with Gasteiger partial charge in [-0.15, -0.1) is 0 Å². The first kappa shape index (κ1) is 34.5. The number of benzene rings is 2. The summed E-state index contributed by atoms with van der Waals surface area (Å²) in [5, 5.41) is 13.5. The smallest absolute Gasteiger partial charge is 0.237 e. The molecule has 2 atom stereocenters. The lowest BCUT2D eigenvalue weighted by Crippen LogP contribution is -2.35. The van der Waals surface area contributed by atoms with Gasteiger partial charge in [0.15, 0.2) is 0 Å². The lowest BCUT2D eigenvalue weighted by molar-refractivity contribution is -0.120. The molecule has 2 fully saturated rings. The van der Waals surface area contributed by atoms with Crippen molar-refractivity contribution >= 4 is 35.0 Å². The van der Waals surface area contributed by atoms with Gasteiger partial charge in [0.1, 0.15) is 11.4 Å². The van der Waals surface area contributed by atoms with E-state index in [4.69, 9.17) is 42.6 Å². The van der Waals surface area contributed by atoms with Crippen molar-refractivity contribution in [3.05, 3.63) is 70.2 Å². The molecule has 0 saturated carbocycles. The summed E-state index contributed by atoms with van der Waals surface area (Å²) in [5.74, 6) is 1.33. The van der Waals surface area contributed by atoms with Gasteiger partial charge < -0.3 is 30.7 Å². The molecule has 0 spiro atoms. The van der Waals surface area contributed by atoms with Crippen molar-refractivity contribution in [2.24, 2.45) is 5.92 Å². The third-order valence-electron chi connectivity index (χ3n) is 8.70. The highest BCUT2D eigenvalue weighted by molar-refractivity contribution is 6.39. The van der Waals surface area contributed by atoms with E-state index in [9.17, 15) is 9.59 Å². The molecule has 256 valence electrons. The van der Waals surface area contributed by atoms with E-state index in [0.29, 0.717) is 94.1 Å². The summed E-state index contributed by atoms with van der Waals surface area (Å²) in [6.07, 6.45) is 6.19. The maximum atomic E-state index is 11.5. The second-order valence-electron chi connectivity index (χ2n) is 12.0. The Kier molecular flexibility index (Phi) is 11.2. The zero-order chi connectivity index (χ0) is 34.3. The van der Waals surface area contributed by atoms with Gasteiger partial charge >= 0.3 is 0 Å². The number of methoxy groups -OCH3 is 2. The van der Waals surface area contributed by atoms with Crippen LogP contribution in [0.1, 0.15) is 37.1 Å². The number of ether oxygens (including phenoxy) is 2. The fourth-order valence-electron chi connectivity index (χ4n) is 6.08. The Morgan fingerprint density at radius 3 is 1.90 bits per heavy atom. The van der Waals surface area contributed by atoms with E-state index in [0.717, 1.165) is 37.1 Å². The van der Waals surface area contributed by atoms with Crippen LogP contribution in [0.3, 0.4) is 0 Å². The molecule has 2 aromatic carbocycles. The number of rotatable bonds is 14. The van der Waals surface area contributed by atoms with E-state index in [1.54, 1.807) is 26.6 Å². The van der Waals surface area contributed by atoms with E-state index < -0.39 is 0 Å². The summed E-state index contributed by atoms with van der Waals surface area (Å²) in [5.41, 5.74) is 5.23. The summed E-state index contributed by atoms with van der Waals surface area (Å²) in [4.78, 5) is 41.6. The van der Waals surface area contributed by atoms with Crippen LogP contribution in [-0.2, 0) is 22.7 Å². The summed E-state index contributed by atoms with van der Waals surface area (Å²) in [7, 11) is 3.12. The SMILES string of the molecule is COc1nc(-c2cccc(-c3cccc(-c4cnc(CNC[C@@H]5CCC(=O)N5)c(OC)n4)c3Cl)c2Cl)cnc1CNCCC1CNC(=O)C1. The highest BCUT2D eigenvalue weighted by Gasteiger charge is 2.23. The molecule has 14 heteroatoms. The van der Waals surface area contributed by atoms with Crippen LogP contribution in [0.2, 0.25) is 10.0 Å². The molecular weight excluding hydrogens is 667 g/mol. The molecule has 0 bridgehead atoms. The third kappa shape index (κ3) is 8.10. The minimum Gasteiger partial charge on any atom is -0.480 e. The predicted molar refractivity (Wildman–Crippen MR) is 187 cm³/mol. The van der Waals surface area contributed by atoms with Crippen LogP contribution in [0.4, 0.5) is 0 Å². The number of carbonyl (C=O) groups excluding carboxylic acids is 2. The normalized spacial score (nSPS) is 17.2. The van der Waals surface area contributed by atoms with Crippen LogP contribution in [0, 0.1) is 5.92 Å². The van der Waals surface area contributed by atoms with Crippen molar-refractivity contribution in [1.29, 1.82) is 0 Å². The van der Waals surface area contributed by atoms with Crippen molar-refractivity contribution in [2.45, 2.75) is 44.8 Å². The standard InChI is InChI=1S/C35H38Cl2N8O4/c1-48-34-28(16-38-12-11-20-13-31(47)42-14-20)40-18-26(44-34)24-7-3-5-22(32(24)36)23-6-4-8-25(33(23)37)27-19-41-29(35(45-27)49-2)17-39-15-21-9-10-30(46)43-21/h3-8,18-21,38-39H,9-17H2,1-2H3,(H,42,47)(H,43,46)/t20?,21-/m0/s1. The number of nitrogens with zero attached hydrogens (tertiary/aromatic N) is 4. The topological polar surface area (TPSA) is 152 Å². The Hall–Kier alpha value is -4.36. The molecule has 0 aliphatic carbocycles. The first-order valence-electron chi connectivity index (χ1n) is 16.2. The second-order valence-corrected chi connectivity index (χ2v) is 12.8. The number of nitrogens with one attached hydrogen (secondary N) is 4. The Bertz CT molecular complexity index is 1840. The molecule has 2 aliphatic rings. The zero-order valence-electron chi connectivity index (χ0n) is 27.3. The van der Waals surface area contributed by atoms with E-state index in [2.05, 4.69) is 31.2 Å². The molecule has 2 amide bonds. The largest absolute Gasteiger partial charge is 0.480 e. The molecule has 4 aromatic rings. The van der Waals surface area contributed by atoms with E-state index in [1.165, 1.54) is 0 Å². The summed E-state index contributed by atoms with van der Waals surface area (Å²) < 4.78 is 11.2. The average Bonchev–Trinajstić information content (AvgIpc) is 3.74. The van der Waals surface area contributed by atoms with Crippen LogP contribution in [0.25, 0.3) is 33.6 Å². The zero-order valence-corrected chi connectivity index (χ0v) is 28.8. The molecule has 2 aliphatic heterocycles. The Morgan fingerprint density at radius 2 is 1.39 bits per heavy atom. The second kappa shape index (κ2) is 15.9. The van der Waals surface area contributed by atoms with Gasteiger partial charge in [-0.2, -0.15) is 0 Å². The quantitative estimate of drug-likeness (QED) is 0.137. The fourth-order valence-corrected chi connectivity index (χ4v) is 6.72. The van der Waals surface area contributed by atoms with Gasteiger partial charge in [-0.05, 0) is 25.3 Å². The van der Waals surface area contributed by atoms with Gasteiger partial charge in [-0.1, -0.05) is 59.6 Å². The number of amides is 2. The van der Waals surface area contributed by atoms with Crippen LogP contribution in [0.5, 0.6) is 11.8 Å². The highest BCUT2D eigenvalue weighted by Crippen LogP contribution is 2.42. The van der Waals surface area contributed by atoms with Crippen molar-refractivity contribution in [1.82, 2.24) is 41.2 Å². The van der Waals surface area contributed by atoms with Crippen LogP contribution in [0.15, 0.2) is 48.8 Å².